The number of halogens is 2. The summed E-state index contributed by atoms with van der Waals surface area (Å²) in [6.07, 6.45) is 0. The summed E-state index contributed by atoms with van der Waals surface area (Å²) in [4.78, 5) is 0. The minimum absolute atomic E-state index is 0.202. The van der Waals surface area contributed by atoms with Crippen molar-refractivity contribution in [2.75, 3.05) is 5.43 Å². The highest BCUT2D eigenvalue weighted by Crippen LogP contribution is 2.32. The van der Waals surface area contributed by atoms with Crippen molar-refractivity contribution >= 4 is 33.2 Å². The van der Waals surface area contributed by atoms with Gasteiger partial charge < -0.3 is 10.5 Å². The first-order valence-corrected chi connectivity index (χ1v) is 6.55. The molecule has 2 aromatic rings. The van der Waals surface area contributed by atoms with Gasteiger partial charge in [0.1, 0.15) is 5.75 Å². The molecule has 18 heavy (non-hydrogen) atoms. The van der Waals surface area contributed by atoms with Crippen molar-refractivity contribution in [3.05, 3.63) is 57.5 Å². The van der Waals surface area contributed by atoms with Crippen LogP contribution in [0.1, 0.15) is 5.56 Å². The largest absolute Gasteiger partial charge is 0.508 e. The molecule has 0 spiro atoms. The molecule has 0 bridgehead atoms. The van der Waals surface area contributed by atoms with E-state index in [-0.39, 0.29) is 5.75 Å². The smallest absolute Gasteiger partial charge is 0.121 e. The van der Waals surface area contributed by atoms with E-state index in [1.807, 2.05) is 30.3 Å². The molecule has 0 saturated carbocycles. The highest BCUT2D eigenvalue weighted by molar-refractivity contribution is 9.10. The zero-order valence-corrected chi connectivity index (χ0v) is 11.8. The van der Waals surface area contributed by atoms with Crippen LogP contribution in [0.15, 0.2) is 46.9 Å². The molecule has 2 rings (SSSR count). The van der Waals surface area contributed by atoms with Crippen LogP contribution < -0.4 is 10.9 Å². The fraction of sp³-hybridized carbons (Fsp3) is 0.0769. The molecule has 0 aliphatic heterocycles. The van der Waals surface area contributed by atoms with E-state index in [1.54, 1.807) is 12.1 Å². The summed E-state index contributed by atoms with van der Waals surface area (Å²) in [5.74, 6) is 0.202. The van der Waals surface area contributed by atoms with E-state index in [9.17, 15) is 5.11 Å². The van der Waals surface area contributed by atoms with E-state index in [0.29, 0.717) is 21.6 Å². The standard InChI is InChI=1S/C13H12BrClN2O/c14-13-10(12(18)7-6-11(13)15)8-16-17-9-4-2-1-3-5-9/h1-7,16-18H,8H2. The van der Waals surface area contributed by atoms with E-state index in [0.717, 1.165) is 5.69 Å². The second-order valence-corrected chi connectivity index (χ2v) is 4.90. The van der Waals surface area contributed by atoms with Gasteiger partial charge in [-0.05, 0) is 40.2 Å². The Bertz CT molecular complexity index is 534. The first-order valence-electron chi connectivity index (χ1n) is 5.38. The second kappa shape index (κ2) is 6.09. The van der Waals surface area contributed by atoms with Crippen LogP contribution in [0, 0.1) is 0 Å². The minimum atomic E-state index is 0.202. The van der Waals surface area contributed by atoms with Crippen molar-refractivity contribution in [1.82, 2.24) is 5.43 Å². The van der Waals surface area contributed by atoms with Crippen molar-refractivity contribution < 1.29 is 5.11 Å². The first-order chi connectivity index (χ1) is 8.68. The third-order valence-electron chi connectivity index (χ3n) is 2.44. The highest BCUT2D eigenvalue weighted by Gasteiger charge is 2.09. The number of para-hydroxylation sites is 1. The van der Waals surface area contributed by atoms with Gasteiger partial charge in [-0.25, -0.2) is 5.43 Å². The lowest BCUT2D eigenvalue weighted by molar-refractivity contribution is 0.465. The van der Waals surface area contributed by atoms with Crippen LogP contribution in [0.4, 0.5) is 5.69 Å². The molecule has 0 unspecified atom stereocenters. The predicted molar refractivity (Wildman–Crippen MR) is 77.7 cm³/mol. The normalized spacial score (nSPS) is 10.3. The van der Waals surface area contributed by atoms with Crippen LogP contribution in [0.25, 0.3) is 0 Å². The SMILES string of the molecule is Oc1ccc(Cl)c(Br)c1CNNc1ccccc1. The summed E-state index contributed by atoms with van der Waals surface area (Å²) in [5, 5.41) is 10.3. The lowest BCUT2D eigenvalue weighted by Crippen LogP contribution is -2.21. The Labute approximate surface area is 119 Å². The molecular weight excluding hydrogens is 316 g/mol. The number of hydrazine groups is 1. The lowest BCUT2D eigenvalue weighted by atomic mass is 10.2. The predicted octanol–water partition coefficient (Wildman–Crippen LogP) is 3.92. The van der Waals surface area contributed by atoms with Crippen LogP contribution in [0.5, 0.6) is 5.75 Å². The molecule has 5 heteroatoms. The third-order valence-corrected chi connectivity index (χ3v) is 3.89. The number of hydrogen-bond donors (Lipinski definition) is 3. The highest BCUT2D eigenvalue weighted by atomic mass is 79.9. The number of phenols is 1. The Kier molecular flexibility index (Phi) is 4.47. The monoisotopic (exact) mass is 326 g/mol. The molecule has 3 N–H and O–H groups in total. The van der Waals surface area contributed by atoms with Crippen LogP contribution in [-0.4, -0.2) is 5.11 Å². The van der Waals surface area contributed by atoms with Gasteiger partial charge in [-0.2, -0.15) is 0 Å². The molecule has 0 radical (unpaired) electrons. The zero-order valence-electron chi connectivity index (χ0n) is 9.45. The number of anilines is 1. The minimum Gasteiger partial charge on any atom is -0.508 e. The number of nitrogens with one attached hydrogen (secondary N) is 2. The first kappa shape index (κ1) is 13.2. The molecule has 0 amide bonds. The van der Waals surface area contributed by atoms with Crippen LogP contribution in [-0.2, 0) is 6.54 Å². The van der Waals surface area contributed by atoms with E-state index in [2.05, 4.69) is 26.8 Å². The van der Waals surface area contributed by atoms with Gasteiger partial charge in [0.05, 0.1) is 5.02 Å². The molecule has 0 atom stereocenters. The lowest BCUT2D eigenvalue weighted by Gasteiger charge is -2.11. The van der Waals surface area contributed by atoms with E-state index in [4.69, 9.17) is 11.6 Å². The van der Waals surface area contributed by atoms with Crippen molar-refractivity contribution in [2.24, 2.45) is 0 Å². The number of hydrogen-bond acceptors (Lipinski definition) is 3. The molecule has 0 aromatic heterocycles. The maximum absolute atomic E-state index is 9.76. The van der Waals surface area contributed by atoms with Crippen molar-refractivity contribution in [3.63, 3.8) is 0 Å². The maximum Gasteiger partial charge on any atom is 0.121 e. The van der Waals surface area contributed by atoms with Crippen LogP contribution >= 0.6 is 27.5 Å². The molecule has 0 heterocycles. The zero-order chi connectivity index (χ0) is 13.0. The molecule has 2 aromatic carbocycles. The Balaban J connectivity index is 2.01. The average Bonchev–Trinajstić information content (AvgIpc) is 2.39. The molecule has 94 valence electrons. The van der Waals surface area contributed by atoms with Gasteiger partial charge in [0, 0.05) is 22.3 Å². The van der Waals surface area contributed by atoms with Crippen molar-refractivity contribution in [3.8, 4) is 5.75 Å². The fourth-order valence-electron chi connectivity index (χ4n) is 1.51. The average molecular weight is 328 g/mol. The van der Waals surface area contributed by atoms with Gasteiger partial charge in [0.15, 0.2) is 0 Å². The molecule has 0 aliphatic rings. The third kappa shape index (κ3) is 3.16. The summed E-state index contributed by atoms with van der Waals surface area (Å²) in [6.45, 7) is 0.446. The van der Waals surface area contributed by atoms with Gasteiger partial charge >= 0.3 is 0 Å². The summed E-state index contributed by atoms with van der Waals surface area (Å²) >= 11 is 9.33. The van der Waals surface area contributed by atoms with E-state index >= 15 is 0 Å². The Morgan fingerprint density at radius 1 is 1.11 bits per heavy atom. The summed E-state index contributed by atoms with van der Waals surface area (Å²) < 4.78 is 0.700. The van der Waals surface area contributed by atoms with Gasteiger partial charge in [0.2, 0.25) is 0 Å². The van der Waals surface area contributed by atoms with Crippen molar-refractivity contribution in [1.29, 1.82) is 0 Å². The van der Waals surface area contributed by atoms with Crippen LogP contribution in [0.3, 0.4) is 0 Å². The van der Waals surface area contributed by atoms with E-state index in [1.165, 1.54) is 0 Å². The summed E-state index contributed by atoms with van der Waals surface area (Å²) in [7, 11) is 0. The molecular formula is C13H12BrClN2O. The van der Waals surface area contributed by atoms with E-state index < -0.39 is 0 Å². The number of aromatic hydroxyl groups is 1. The maximum atomic E-state index is 9.76. The quantitative estimate of drug-likeness (QED) is 0.746. The topological polar surface area (TPSA) is 44.3 Å². The van der Waals surface area contributed by atoms with Crippen LogP contribution in [0.2, 0.25) is 5.02 Å². The Morgan fingerprint density at radius 3 is 2.56 bits per heavy atom. The Morgan fingerprint density at radius 2 is 1.83 bits per heavy atom. The molecule has 3 nitrogen and oxygen atoms in total. The summed E-state index contributed by atoms with van der Waals surface area (Å²) in [5.41, 5.74) is 7.74. The number of rotatable bonds is 4. The molecule has 0 fully saturated rings. The number of phenolic OH excluding ortho intramolecular Hbond substituents is 1. The summed E-state index contributed by atoms with van der Waals surface area (Å²) in [6, 6.07) is 12.9. The van der Waals surface area contributed by atoms with Gasteiger partial charge in [-0.15, -0.1) is 0 Å². The molecule has 0 saturated heterocycles. The van der Waals surface area contributed by atoms with Gasteiger partial charge in [-0.3, -0.25) is 0 Å². The Hall–Kier alpha value is -1.23. The fourth-order valence-corrected chi connectivity index (χ4v) is 2.16. The molecule has 0 aliphatic carbocycles. The van der Waals surface area contributed by atoms with Gasteiger partial charge in [-0.1, -0.05) is 29.8 Å². The number of benzene rings is 2. The van der Waals surface area contributed by atoms with Crippen molar-refractivity contribution in [2.45, 2.75) is 6.54 Å². The second-order valence-electron chi connectivity index (χ2n) is 3.70. The van der Waals surface area contributed by atoms with Gasteiger partial charge in [0.25, 0.3) is 0 Å².